The second-order valence-electron chi connectivity index (χ2n) is 10.6. The molecule has 2 aromatic heterocycles. The lowest BCUT2D eigenvalue weighted by Crippen LogP contribution is -2.57. The number of hydrogen-bond donors (Lipinski definition) is 8. The average Bonchev–Trinajstić information content (AvgIpc) is 3.61. The van der Waals surface area contributed by atoms with Gasteiger partial charge in [0.15, 0.2) is 0 Å². The maximum absolute atomic E-state index is 13.9. The number of hydrogen-bond acceptors (Lipinski definition) is 6. The second-order valence-corrected chi connectivity index (χ2v) is 10.6. The third-order valence-corrected chi connectivity index (χ3v) is 7.45. The van der Waals surface area contributed by atoms with Crippen molar-refractivity contribution < 1.29 is 19.2 Å². The molecule has 0 saturated carbocycles. The fraction of sp³-hybridized carbons (Fsp3) is 0.355. The van der Waals surface area contributed by atoms with E-state index < -0.39 is 35.8 Å². The first-order valence-corrected chi connectivity index (χ1v) is 14.5. The minimum absolute atomic E-state index is 0.130. The zero-order valence-corrected chi connectivity index (χ0v) is 24.0. The van der Waals surface area contributed by atoms with Crippen LogP contribution in [0.4, 0.5) is 0 Å². The molecule has 0 unspecified atom stereocenters. The van der Waals surface area contributed by atoms with E-state index in [0.29, 0.717) is 25.9 Å². The zero-order valence-electron chi connectivity index (χ0n) is 24.0. The molecule has 43 heavy (non-hydrogen) atoms. The Kier molecular flexibility index (Phi) is 10.9. The summed E-state index contributed by atoms with van der Waals surface area (Å²) in [6.45, 7) is 0.666. The van der Waals surface area contributed by atoms with Gasteiger partial charge >= 0.3 is 0 Å². The summed E-state index contributed by atoms with van der Waals surface area (Å²) in [5.41, 5.74) is 20.2. The molecule has 3 atom stereocenters. The first kappa shape index (κ1) is 31.3. The van der Waals surface area contributed by atoms with Crippen LogP contribution in [0.1, 0.15) is 36.8 Å². The smallest absolute Gasteiger partial charge is 0.243 e. The molecule has 2 aromatic carbocycles. The summed E-state index contributed by atoms with van der Waals surface area (Å²) in [6.07, 6.45) is 5.29. The molecular weight excluding hydrogens is 548 g/mol. The van der Waals surface area contributed by atoms with E-state index in [1.165, 1.54) is 0 Å². The molecule has 0 bridgehead atoms. The molecule has 0 aliphatic heterocycles. The Balaban J connectivity index is 1.61. The van der Waals surface area contributed by atoms with Crippen molar-refractivity contribution >= 4 is 45.4 Å². The molecule has 4 aromatic rings. The second kappa shape index (κ2) is 15.0. The van der Waals surface area contributed by atoms with E-state index in [1.54, 1.807) is 6.20 Å². The molecule has 2 heterocycles. The van der Waals surface area contributed by atoms with Gasteiger partial charge in [-0.1, -0.05) is 36.4 Å². The summed E-state index contributed by atoms with van der Waals surface area (Å²) in [5, 5.41) is 10.2. The van der Waals surface area contributed by atoms with E-state index in [-0.39, 0.29) is 31.6 Å². The summed E-state index contributed by atoms with van der Waals surface area (Å²) in [4.78, 5) is 58.7. The molecule has 0 aliphatic carbocycles. The van der Waals surface area contributed by atoms with Gasteiger partial charge in [-0.15, -0.1) is 0 Å². The highest BCUT2D eigenvalue weighted by atomic mass is 16.2. The molecule has 228 valence electrons. The van der Waals surface area contributed by atoms with Crippen LogP contribution >= 0.6 is 0 Å². The van der Waals surface area contributed by atoms with Gasteiger partial charge < -0.3 is 43.1 Å². The maximum Gasteiger partial charge on any atom is 0.243 e. The zero-order chi connectivity index (χ0) is 30.8. The van der Waals surface area contributed by atoms with Crippen molar-refractivity contribution in [3.63, 3.8) is 0 Å². The molecular formula is C31H40N8O4. The van der Waals surface area contributed by atoms with Gasteiger partial charge in [0, 0.05) is 53.5 Å². The number of nitrogens with one attached hydrogen (secondary N) is 5. The van der Waals surface area contributed by atoms with Crippen LogP contribution in [0.15, 0.2) is 60.9 Å². The third-order valence-electron chi connectivity index (χ3n) is 7.45. The molecule has 0 spiro atoms. The van der Waals surface area contributed by atoms with E-state index in [4.69, 9.17) is 17.2 Å². The first-order chi connectivity index (χ1) is 20.8. The van der Waals surface area contributed by atoms with Crippen LogP contribution in [0.2, 0.25) is 0 Å². The third kappa shape index (κ3) is 8.21. The molecule has 0 aliphatic rings. The van der Waals surface area contributed by atoms with Gasteiger partial charge in [-0.3, -0.25) is 19.2 Å². The number of nitrogens with two attached hydrogens (primary N) is 3. The number of H-pyrrole nitrogens is 2. The van der Waals surface area contributed by atoms with Gasteiger partial charge in [0.25, 0.3) is 0 Å². The number of primary amides is 1. The molecule has 4 rings (SSSR count). The average molecular weight is 589 g/mol. The van der Waals surface area contributed by atoms with Crippen molar-refractivity contribution in [1.29, 1.82) is 0 Å². The summed E-state index contributed by atoms with van der Waals surface area (Å²) < 4.78 is 0. The number of rotatable bonds is 16. The number of carbonyl (C=O) groups excluding carboxylic acids is 4. The van der Waals surface area contributed by atoms with E-state index in [9.17, 15) is 19.2 Å². The molecule has 0 radical (unpaired) electrons. The minimum Gasteiger partial charge on any atom is -0.368 e. The Morgan fingerprint density at radius 3 is 1.67 bits per heavy atom. The molecule has 0 saturated heterocycles. The van der Waals surface area contributed by atoms with Crippen LogP contribution in [-0.4, -0.2) is 64.8 Å². The number of para-hydroxylation sites is 2. The number of benzene rings is 2. The van der Waals surface area contributed by atoms with Crippen molar-refractivity contribution in [1.82, 2.24) is 25.9 Å². The fourth-order valence-corrected chi connectivity index (χ4v) is 5.14. The van der Waals surface area contributed by atoms with Crippen LogP contribution in [0.3, 0.4) is 0 Å². The lowest BCUT2D eigenvalue weighted by atomic mass is 10.0. The summed E-state index contributed by atoms with van der Waals surface area (Å²) in [5.74, 6) is -2.12. The Bertz CT molecular complexity index is 1560. The normalized spacial score (nSPS) is 13.3. The Morgan fingerprint density at radius 1 is 0.674 bits per heavy atom. The number of amides is 4. The number of aromatic amines is 2. The quantitative estimate of drug-likeness (QED) is 0.0949. The van der Waals surface area contributed by atoms with Gasteiger partial charge in [-0.25, -0.2) is 0 Å². The van der Waals surface area contributed by atoms with Crippen LogP contribution in [0.25, 0.3) is 21.8 Å². The fourth-order valence-electron chi connectivity index (χ4n) is 5.14. The number of aromatic nitrogens is 2. The highest BCUT2D eigenvalue weighted by Crippen LogP contribution is 2.21. The predicted molar refractivity (Wildman–Crippen MR) is 166 cm³/mol. The predicted octanol–water partition coefficient (Wildman–Crippen LogP) is 0.852. The maximum atomic E-state index is 13.9. The van der Waals surface area contributed by atoms with E-state index in [1.807, 2.05) is 54.7 Å². The summed E-state index contributed by atoms with van der Waals surface area (Å²) in [6, 6.07) is 12.3. The van der Waals surface area contributed by atoms with E-state index in [2.05, 4.69) is 25.9 Å². The van der Waals surface area contributed by atoms with Crippen molar-refractivity contribution in [3.8, 4) is 0 Å². The highest BCUT2D eigenvalue weighted by Gasteiger charge is 2.30. The van der Waals surface area contributed by atoms with Crippen LogP contribution in [0.5, 0.6) is 0 Å². The monoisotopic (exact) mass is 588 g/mol. The molecule has 12 heteroatoms. The van der Waals surface area contributed by atoms with E-state index in [0.717, 1.165) is 32.9 Å². The van der Waals surface area contributed by atoms with Gasteiger partial charge in [-0.2, -0.15) is 0 Å². The van der Waals surface area contributed by atoms with Gasteiger partial charge in [0.2, 0.25) is 23.6 Å². The van der Waals surface area contributed by atoms with Crippen LogP contribution in [0, 0.1) is 0 Å². The molecule has 12 nitrogen and oxygen atoms in total. The summed E-state index contributed by atoms with van der Waals surface area (Å²) >= 11 is 0. The Hall–Kier alpha value is -4.68. The van der Waals surface area contributed by atoms with Crippen molar-refractivity contribution in [3.05, 3.63) is 72.1 Å². The largest absolute Gasteiger partial charge is 0.368 e. The Labute approximate surface area is 249 Å². The summed E-state index contributed by atoms with van der Waals surface area (Å²) in [7, 11) is 0. The van der Waals surface area contributed by atoms with E-state index >= 15 is 0 Å². The van der Waals surface area contributed by atoms with Crippen molar-refractivity contribution in [2.24, 2.45) is 17.2 Å². The molecule has 0 fully saturated rings. The van der Waals surface area contributed by atoms with Crippen LogP contribution < -0.4 is 33.2 Å². The standard InChI is InChI=1S/C31H40N8O4/c32-13-5-11-25(29(34)41)38-31(43)27(16-20-18-36-24-10-4-2-8-22(20)24)39-30(42)26(37-28(40)12-6-14-33)15-19-17-35-23-9-3-1-7-21(19)23/h1-4,7-10,17-18,25-27,35-36H,5-6,11-16,32-33H2,(H2,34,41)(H,37,40)(H,38,43)(H,39,42)/t25-,26+,27+/m0/s1. The Morgan fingerprint density at radius 2 is 1.16 bits per heavy atom. The minimum atomic E-state index is -1.07. The van der Waals surface area contributed by atoms with Crippen LogP contribution in [-0.2, 0) is 32.0 Å². The lowest BCUT2D eigenvalue weighted by molar-refractivity contribution is -0.133. The highest BCUT2D eigenvalue weighted by molar-refractivity contribution is 5.95. The lowest BCUT2D eigenvalue weighted by Gasteiger charge is -2.25. The van der Waals surface area contributed by atoms with Crippen molar-refractivity contribution in [2.45, 2.75) is 56.7 Å². The SMILES string of the molecule is NCCCC(=O)N[C@H](Cc1c[nH]c2ccccc12)C(=O)N[C@H](Cc1c[nH]c2ccccc12)C(=O)N[C@@H](CCCN)C(N)=O. The topological polar surface area (TPSA) is 214 Å². The van der Waals surface area contributed by atoms with Gasteiger partial charge in [-0.05, 0) is 55.6 Å². The van der Waals surface area contributed by atoms with Gasteiger partial charge in [0.05, 0.1) is 0 Å². The molecule has 4 amide bonds. The van der Waals surface area contributed by atoms with Gasteiger partial charge in [0.1, 0.15) is 18.1 Å². The number of carbonyl (C=O) groups is 4. The number of fused-ring (bicyclic) bond motifs is 2. The first-order valence-electron chi connectivity index (χ1n) is 14.5. The van der Waals surface area contributed by atoms with Crippen molar-refractivity contribution in [2.75, 3.05) is 13.1 Å². The molecule has 11 N–H and O–H groups in total.